The number of nitrogens with one attached hydrogen (secondary N) is 1. The molecule has 1 unspecified atom stereocenters. The summed E-state index contributed by atoms with van der Waals surface area (Å²) in [6.07, 6.45) is 6.90. The number of benzene rings is 1. The molecule has 58 heavy (non-hydrogen) atoms. The van der Waals surface area contributed by atoms with Gasteiger partial charge in [0.15, 0.2) is 11.0 Å². The van der Waals surface area contributed by atoms with Crippen molar-refractivity contribution in [2.24, 2.45) is 4.99 Å². The van der Waals surface area contributed by atoms with Crippen LogP contribution in [0.3, 0.4) is 0 Å². The number of esters is 1. The summed E-state index contributed by atoms with van der Waals surface area (Å²) in [4.78, 5) is 42.6. The normalized spacial score (nSPS) is 26.5. The zero-order valence-electron chi connectivity index (χ0n) is 32.2. The summed E-state index contributed by atoms with van der Waals surface area (Å²) in [7, 11) is 3.25. The largest absolute Gasteiger partial charge is 0.507 e. The Morgan fingerprint density at radius 1 is 1.07 bits per heavy atom. The number of fused-ring (bicyclic) bond motifs is 9. The molecular weight excluding hydrogens is 781 g/mol. The molecule has 1 fully saturated rings. The fraction of sp³-hybridized carbons (Fsp3) is 0.405. The predicted octanol–water partition coefficient (Wildman–Crippen LogP) is 4.11. The van der Waals surface area contributed by atoms with Gasteiger partial charge in [0.05, 0.1) is 23.1 Å². The van der Waals surface area contributed by atoms with Crippen LogP contribution < -0.4 is 26.5 Å². The Morgan fingerprint density at radius 2 is 1.93 bits per heavy atom. The molecule has 1 aromatic carbocycles. The summed E-state index contributed by atoms with van der Waals surface area (Å²) >= 11 is 0. The number of rotatable bonds is 5. The lowest BCUT2D eigenvalue weighted by molar-refractivity contribution is -0.848. The number of ether oxygens (including phenoxy) is 3. The summed E-state index contributed by atoms with van der Waals surface area (Å²) in [6.45, 7) is 4.84. The third-order valence-corrected chi connectivity index (χ3v) is 14.0. The monoisotopic (exact) mass is 825 g/mol. The van der Waals surface area contributed by atoms with Gasteiger partial charge in [-0.2, -0.15) is 0 Å². The third-order valence-electron chi connectivity index (χ3n) is 11.7. The number of hydrogen-bond donors (Lipinski definition) is 5. The number of aromatic nitrogens is 2. The van der Waals surface area contributed by atoms with E-state index in [1.54, 1.807) is 34.6 Å². The Balaban J connectivity index is 1.06. The number of quaternary nitrogens is 1. The maximum atomic E-state index is 14.3. The van der Waals surface area contributed by atoms with Crippen molar-refractivity contribution in [1.82, 2.24) is 9.97 Å². The number of aliphatic imine (C=N–C) groups is 1. The molecule has 5 atom stereocenters. The number of nitrogens with zero attached hydrogens (tertiary/aromatic N) is 3. The highest BCUT2D eigenvalue weighted by atomic mass is 33.1. The standard InChI is InChI=1S/C42H44N6O8S2/c1-22-12-31(50)37-33(53-22)17-32-27(38(37)51)16-35-41(2,55-32)8-11-57-58-21-28-26(15-25(46-39(28)44)19-48-18-24-6-9-45-30(24)20-48)29-13-23(14-36(43)47-29)4-5-34-42(56-34,7-3-10-49)40(52)54-35/h6,9,12-15,17-18,34-35,49,51H,3-5,7-8,10-11,16,19-21H2,1-2H3,(H2,43,47)(H2,44,46)/p+1/t34-,35-,41-,42+/m0/s1. The van der Waals surface area contributed by atoms with E-state index in [9.17, 15) is 19.8 Å². The van der Waals surface area contributed by atoms with Gasteiger partial charge in [0.25, 0.3) is 0 Å². The van der Waals surface area contributed by atoms with Crippen molar-refractivity contribution in [1.29, 1.82) is 0 Å². The molecule has 0 spiro atoms. The van der Waals surface area contributed by atoms with Gasteiger partial charge in [-0.25, -0.2) is 14.8 Å². The number of anilines is 2. The molecule has 7 N–H and O–H groups in total. The van der Waals surface area contributed by atoms with Crippen LogP contribution in [0.1, 0.15) is 60.8 Å². The summed E-state index contributed by atoms with van der Waals surface area (Å²) in [5.74, 6) is 1.90. The second-order valence-electron chi connectivity index (χ2n) is 15.8. The third kappa shape index (κ3) is 7.14. The summed E-state index contributed by atoms with van der Waals surface area (Å²) in [6, 6.07) is 8.88. The van der Waals surface area contributed by atoms with Gasteiger partial charge in [-0.05, 0) is 69.4 Å². The molecule has 0 aliphatic carbocycles. The lowest BCUT2D eigenvalue weighted by Crippen LogP contribution is -3.05. The first-order chi connectivity index (χ1) is 27.9. The van der Waals surface area contributed by atoms with E-state index in [4.69, 9.17) is 40.1 Å². The summed E-state index contributed by atoms with van der Waals surface area (Å²) in [5, 5.41) is 21.3. The minimum Gasteiger partial charge on any atom is -0.507 e. The lowest BCUT2D eigenvalue weighted by atomic mass is 9.86. The summed E-state index contributed by atoms with van der Waals surface area (Å²) in [5.41, 5.74) is 17.5. The zero-order valence-corrected chi connectivity index (χ0v) is 33.8. The van der Waals surface area contributed by atoms with Crippen molar-refractivity contribution in [2.45, 2.75) is 88.1 Å². The number of phenolic OH excluding ortho intramolecular Hbond substituents is 1. The van der Waals surface area contributed by atoms with Gasteiger partial charge in [0.1, 0.15) is 76.6 Å². The van der Waals surface area contributed by atoms with E-state index >= 15 is 0 Å². The van der Waals surface area contributed by atoms with Crippen LogP contribution in [0, 0.1) is 6.92 Å². The number of phenols is 1. The lowest BCUT2D eigenvalue weighted by Gasteiger charge is -2.42. The molecule has 14 nitrogen and oxygen atoms in total. The SMILES string of the molecule is Cc1cc(=O)c2c(O)c3c(cc2o1)O[C@@]1(C)CCSSCc2c(cc(C[NH+]4C=C5C=CN=C5C4)nc2N)-c2cc(cc(N)n2)CC[C@@H]2O[C@@]2(CCCO)C(=O)O[C@H]1C3. The average Bonchev–Trinajstić information content (AvgIpc) is 3.49. The van der Waals surface area contributed by atoms with Crippen molar-refractivity contribution >= 4 is 55.9 Å². The minimum atomic E-state index is -1.26. The highest BCUT2D eigenvalue weighted by Gasteiger charge is 2.63. The van der Waals surface area contributed by atoms with E-state index in [-0.39, 0.29) is 41.6 Å². The Hall–Kier alpha value is -4.87. The molecule has 2 bridgehead atoms. The number of aliphatic hydroxyl groups excluding tert-OH is 1. The molecule has 16 heteroatoms. The molecule has 4 aromatic rings. The van der Waals surface area contributed by atoms with Crippen molar-refractivity contribution in [3.05, 3.63) is 92.7 Å². The predicted molar refractivity (Wildman–Crippen MR) is 223 cm³/mol. The van der Waals surface area contributed by atoms with Gasteiger partial charge < -0.3 is 40.3 Å². The number of aromatic hydroxyl groups is 1. The maximum absolute atomic E-state index is 14.3. The van der Waals surface area contributed by atoms with Gasteiger partial charge in [-0.3, -0.25) is 14.7 Å². The first-order valence-corrected chi connectivity index (χ1v) is 22.0. The van der Waals surface area contributed by atoms with Crippen molar-refractivity contribution in [2.75, 3.05) is 30.4 Å². The highest BCUT2D eigenvalue weighted by Crippen LogP contribution is 2.49. The number of hydrogen-bond acceptors (Lipinski definition) is 15. The molecular formula is C42H45N6O8S2+. The van der Waals surface area contributed by atoms with E-state index in [2.05, 4.69) is 17.3 Å². The van der Waals surface area contributed by atoms with Crippen LogP contribution in [0.4, 0.5) is 11.6 Å². The maximum Gasteiger partial charge on any atom is 0.341 e. The second kappa shape index (κ2) is 15.1. The molecule has 8 heterocycles. The number of aliphatic hydroxyl groups is 1. The van der Waals surface area contributed by atoms with Crippen LogP contribution in [0.25, 0.3) is 22.2 Å². The number of nitrogens with two attached hydrogens (primary N) is 2. The Kier molecular flexibility index (Phi) is 10.0. The van der Waals surface area contributed by atoms with Crippen molar-refractivity contribution in [3.63, 3.8) is 0 Å². The van der Waals surface area contributed by atoms with Crippen LogP contribution in [-0.4, -0.2) is 74.2 Å². The number of carbonyl (C=O) groups excluding carboxylic acids is 1. The van der Waals surface area contributed by atoms with E-state index in [1.165, 1.54) is 11.0 Å². The smallest absolute Gasteiger partial charge is 0.341 e. The van der Waals surface area contributed by atoms with Gasteiger partial charge >= 0.3 is 5.97 Å². The van der Waals surface area contributed by atoms with Gasteiger partial charge in [-0.1, -0.05) is 21.6 Å². The molecule has 1 saturated heterocycles. The molecule has 9 rings (SSSR count). The number of epoxide rings is 1. The van der Waals surface area contributed by atoms with E-state index in [1.807, 2.05) is 31.3 Å². The zero-order chi connectivity index (χ0) is 40.3. The first kappa shape index (κ1) is 38.6. The van der Waals surface area contributed by atoms with Crippen LogP contribution in [0.5, 0.6) is 11.5 Å². The molecule has 3 aromatic heterocycles. The number of nitrogen functional groups attached to an aromatic ring is 2. The van der Waals surface area contributed by atoms with E-state index in [0.29, 0.717) is 78.1 Å². The van der Waals surface area contributed by atoms with Crippen LogP contribution in [0.2, 0.25) is 0 Å². The average molecular weight is 826 g/mol. The number of carbonyl (C=O) groups is 1. The molecule has 302 valence electrons. The van der Waals surface area contributed by atoms with Gasteiger partial charge in [-0.15, -0.1) is 0 Å². The second-order valence-corrected chi connectivity index (χ2v) is 18.4. The van der Waals surface area contributed by atoms with Crippen LogP contribution >= 0.6 is 21.6 Å². The molecule has 0 amide bonds. The van der Waals surface area contributed by atoms with Crippen molar-refractivity contribution in [3.8, 4) is 22.8 Å². The van der Waals surface area contributed by atoms with Crippen LogP contribution in [-0.2, 0) is 39.4 Å². The first-order valence-electron chi connectivity index (χ1n) is 19.5. The Morgan fingerprint density at radius 3 is 2.76 bits per heavy atom. The van der Waals surface area contributed by atoms with E-state index in [0.717, 1.165) is 40.2 Å². The number of pyridine rings is 2. The fourth-order valence-corrected chi connectivity index (χ4v) is 10.9. The topological polar surface area (TPSA) is 213 Å². The number of allylic oxidation sites excluding steroid dienone is 1. The molecule has 5 aliphatic heterocycles. The molecule has 5 aliphatic rings. The van der Waals surface area contributed by atoms with E-state index < -0.39 is 29.4 Å². The molecule has 0 saturated carbocycles. The minimum absolute atomic E-state index is 0.0467. The quantitative estimate of drug-likeness (QED) is 0.109. The number of aryl methyl sites for hydroxylation is 2. The molecule has 0 radical (unpaired) electrons. The van der Waals surface area contributed by atoms with Gasteiger partial charge in [0.2, 0.25) is 0 Å². The summed E-state index contributed by atoms with van der Waals surface area (Å²) < 4.78 is 25.1. The van der Waals surface area contributed by atoms with Gasteiger partial charge in [0, 0.05) is 66.0 Å². The Labute approximate surface area is 342 Å². The Bertz CT molecular complexity index is 2510. The highest BCUT2D eigenvalue weighted by molar-refractivity contribution is 8.76. The van der Waals surface area contributed by atoms with Crippen LogP contribution in [0.15, 0.2) is 68.6 Å². The van der Waals surface area contributed by atoms with Crippen molar-refractivity contribution < 1.29 is 38.5 Å². The fourth-order valence-electron chi connectivity index (χ4n) is 8.61.